The average Bonchev–Trinajstić information content (AvgIpc) is 2.96. The molecule has 0 bridgehead atoms. The fraction of sp³-hybridized carbons (Fsp3) is 0.550. The molecule has 0 spiro atoms. The first kappa shape index (κ1) is 37.9. The van der Waals surface area contributed by atoms with Crippen LogP contribution in [0.15, 0.2) is 54.4 Å². The van der Waals surface area contributed by atoms with Crippen molar-refractivity contribution in [3.05, 3.63) is 77.2 Å². The number of pyridine rings is 1. The summed E-state index contributed by atoms with van der Waals surface area (Å²) in [6, 6.07) is 16.9. The summed E-state index contributed by atoms with van der Waals surface area (Å²) in [5, 5.41) is 12.2. The van der Waals surface area contributed by atoms with E-state index >= 15 is 0 Å². The van der Waals surface area contributed by atoms with E-state index in [1.807, 2.05) is 33.9 Å². The monoisotopic (exact) mass is 775 g/mol. The number of aliphatic hydroxyl groups is 1. The van der Waals surface area contributed by atoms with Crippen LogP contribution in [0.5, 0.6) is 0 Å². The molecule has 0 fully saturated rings. The maximum Gasteiger partial charge on any atom is 0.162 e. The first-order valence-electron chi connectivity index (χ1n) is 16.5. The van der Waals surface area contributed by atoms with Crippen molar-refractivity contribution in [2.24, 2.45) is 11.8 Å². The normalized spacial score (nSPS) is 15.8. The molecule has 243 valence electrons. The van der Waals surface area contributed by atoms with Crippen LogP contribution in [-0.2, 0) is 41.1 Å². The topological polar surface area (TPSA) is 50.2 Å². The molecule has 0 saturated heterocycles. The molecule has 4 rings (SSSR count). The van der Waals surface area contributed by atoms with Crippen LogP contribution >= 0.6 is 0 Å². The summed E-state index contributed by atoms with van der Waals surface area (Å²) < 4.78 is 0. The number of ketones is 1. The fourth-order valence-electron chi connectivity index (χ4n) is 6.56. The van der Waals surface area contributed by atoms with E-state index in [-0.39, 0.29) is 59.7 Å². The molecule has 3 aromatic rings. The summed E-state index contributed by atoms with van der Waals surface area (Å²) in [6.45, 7) is 24.4. The van der Waals surface area contributed by atoms with Gasteiger partial charge in [0, 0.05) is 49.9 Å². The van der Waals surface area contributed by atoms with E-state index in [1.54, 1.807) is 0 Å². The van der Waals surface area contributed by atoms with E-state index in [4.69, 9.17) is 4.98 Å². The predicted molar refractivity (Wildman–Crippen MR) is 184 cm³/mol. The van der Waals surface area contributed by atoms with Gasteiger partial charge in [0.15, 0.2) is 5.78 Å². The summed E-state index contributed by atoms with van der Waals surface area (Å²) in [6.07, 6.45) is 9.30. The Bertz CT molecular complexity index is 1440. The van der Waals surface area contributed by atoms with Crippen LogP contribution < -0.4 is 0 Å². The van der Waals surface area contributed by atoms with E-state index in [1.165, 1.54) is 46.4 Å². The van der Waals surface area contributed by atoms with Crippen LogP contribution in [0.2, 0.25) is 0 Å². The number of hydrogen-bond acceptors (Lipinski definition) is 3. The molecule has 4 heteroatoms. The number of allylic oxidation sites excluding steroid dienone is 2. The van der Waals surface area contributed by atoms with Crippen LogP contribution in [0, 0.1) is 17.9 Å². The fourth-order valence-corrected chi connectivity index (χ4v) is 6.56. The quantitative estimate of drug-likeness (QED) is 0.141. The van der Waals surface area contributed by atoms with Gasteiger partial charge in [-0.1, -0.05) is 105 Å². The van der Waals surface area contributed by atoms with Gasteiger partial charge < -0.3 is 5.11 Å². The molecular weight excluding hydrogens is 719 g/mol. The van der Waals surface area contributed by atoms with Gasteiger partial charge in [0.2, 0.25) is 0 Å². The van der Waals surface area contributed by atoms with Crippen LogP contribution in [0.25, 0.3) is 22.0 Å². The maximum absolute atomic E-state index is 11.7. The zero-order valence-electron chi connectivity index (χ0n) is 29.2. The van der Waals surface area contributed by atoms with E-state index in [2.05, 4.69) is 90.9 Å². The van der Waals surface area contributed by atoms with Crippen molar-refractivity contribution >= 4 is 16.6 Å². The molecule has 1 N–H and O–H groups in total. The number of carbonyl (C=O) groups is 1. The van der Waals surface area contributed by atoms with Gasteiger partial charge in [-0.25, -0.2) is 0 Å². The van der Waals surface area contributed by atoms with Gasteiger partial charge in [0.25, 0.3) is 0 Å². The third-order valence-corrected chi connectivity index (χ3v) is 9.65. The molecule has 1 aliphatic rings. The molecule has 0 unspecified atom stereocenters. The van der Waals surface area contributed by atoms with Crippen molar-refractivity contribution in [1.29, 1.82) is 0 Å². The second-order valence-electron chi connectivity index (χ2n) is 14.7. The van der Waals surface area contributed by atoms with Gasteiger partial charge in [-0.3, -0.25) is 9.78 Å². The summed E-state index contributed by atoms with van der Waals surface area (Å²) >= 11 is 0. The molecule has 0 aliphatic heterocycles. The molecular formula is C40H56IrNO2-. The smallest absolute Gasteiger partial charge is 0.162 e. The minimum absolute atomic E-state index is 0. The van der Waals surface area contributed by atoms with Gasteiger partial charge >= 0.3 is 0 Å². The number of aliphatic hydroxyl groups excluding tert-OH is 1. The van der Waals surface area contributed by atoms with E-state index < -0.39 is 0 Å². The number of fused-ring (bicyclic) bond motifs is 2. The summed E-state index contributed by atoms with van der Waals surface area (Å²) in [4.78, 5) is 16.6. The van der Waals surface area contributed by atoms with Crippen LogP contribution in [0.1, 0.15) is 131 Å². The zero-order chi connectivity index (χ0) is 32.2. The van der Waals surface area contributed by atoms with Gasteiger partial charge in [-0.15, -0.1) is 29.1 Å². The van der Waals surface area contributed by atoms with Crippen LogP contribution in [0.3, 0.4) is 0 Å². The predicted octanol–water partition coefficient (Wildman–Crippen LogP) is 11.2. The minimum atomic E-state index is 0. The number of rotatable bonds is 8. The van der Waals surface area contributed by atoms with Gasteiger partial charge in [-0.05, 0) is 72.0 Å². The Morgan fingerprint density at radius 2 is 1.50 bits per heavy atom. The Morgan fingerprint density at radius 3 is 2.07 bits per heavy atom. The largest absolute Gasteiger partial charge is 0.512 e. The summed E-state index contributed by atoms with van der Waals surface area (Å²) in [5.41, 5.74) is 6.85. The van der Waals surface area contributed by atoms with Crippen molar-refractivity contribution in [2.75, 3.05) is 0 Å². The molecule has 0 saturated carbocycles. The van der Waals surface area contributed by atoms with Crippen LogP contribution in [-0.4, -0.2) is 15.9 Å². The first-order valence-corrected chi connectivity index (χ1v) is 16.5. The van der Waals surface area contributed by atoms with E-state index in [0.717, 1.165) is 36.9 Å². The Labute approximate surface area is 281 Å². The van der Waals surface area contributed by atoms with Gasteiger partial charge in [0.05, 0.1) is 5.76 Å². The summed E-state index contributed by atoms with van der Waals surface area (Å²) in [5.74, 6) is 0.547. The number of nitrogens with zero attached hydrogens (tertiary/aromatic N) is 1. The number of benzene rings is 2. The number of carbonyl (C=O) groups excluding carboxylic acids is 1. The second kappa shape index (κ2) is 15.3. The van der Waals surface area contributed by atoms with Crippen molar-refractivity contribution in [1.82, 2.24) is 4.98 Å². The molecule has 2 aromatic carbocycles. The third-order valence-electron chi connectivity index (χ3n) is 9.65. The standard InChI is InChI=1S/C27H32N.C13H24O2.Ir/c1-25(2,3)22-17-19(16-18-10-8-9-11-20(18)22)24-23-21(12-15-28-24)26(4,5)13-14-27(23,6)7;1-5-10(6-2)12(14)9-13(15)11(7-3)8-4;/h8-12,15,17H,13-14H2,1-7H3;9-11,14H,5-8H2,1-4H3;/q-1;;/b;12-9-;. The van der Waals surface area contributed by atoms with Gasteiger partial charge in [0.1, 0.15) is 0 Å². The molecule has 1 aromatic heterocycles. The first-order chi connectivity index (χ1) is 20.1. The van der Waals surface area contributed by atoms with Crippen LogP contribution in [0.4, 0.5) is 0 Å². The Balaban J connectivity index is 0.000000363. The Morgan fingerprint density at radius 1 is 0.932 bits per heavy atom. The van der Waals surface area contributed by atoms with E-state index in [0.29, 0.717) is 0 Å². The molecule has 3 nitrogen and oxygen atoms in total. The van der Waals surface area contributed by atoms with Crippen molar-refractivity contribution < 1.29 is 30.0 Å². The minimum Gasteiger partial charge on any atom is -0.512 e. The van der Waals surface area contributed by atoms with Crippen molar-refractivity contribution in [3.8, 4) is 11.3 Å². The van der Waals surface area contributed by atoms with Crippen molar-refractivity contribution in [2.45, 2.75) is 131 Å². The van der Waals surface area contributed by atoms with Gasteiger partial charge in [-0.2, -0.15) is 0 Å². The Kier molecular flexibility index (Phi) is 13.2. The van der Waals surface area contributed by atoms with E-state index in [9.17, 15) is 9.90 Å². The summed E-state index contributed by atoms with van der Waals surface area (Å²) in [7, 11) is 0. The second-order valence-corrected chi connectivity index (χ2v) is 14.7. The zero-order valence-corrected chi connectivity index (χ0v) is 31.5. The molecule has 1 aliphatic carbocycles. The maximum atomic E-state index is 11.7. The molecule has 44 heavy (non-hydrogen) atoms. The number of hydrogen-bond donors (Lipinski definition) is 1. The molecule has 1 heterocycles. The molecule has 0 atom stereocenters. The third kappa shape index (κ3) is 8.49. The van der Waals surface area contributed by atoms with Crippen molar-refractivity contribution in [3.63, 3.8) is 0 Å². The number of aromatic nitrogens is 1. The SMILES string of the molecule is CC(C)(C)c1cc(-c2nccc3c2C(C)(C)CCC3(C)C)[c-]c2ccccc12.CCC(CC)C(=O)/C=C(\O)C(CC)CC.[Ir]. The molecule has 0 amide bonds. The Hall–Kier alpha value is -2.29. The average molecular weight is 775 g/mol. The molecule has 1 radical (unpaired) electrons.